The van der Waals surface area contributed by atoms with Gasteiger partial charge in [-0.1, -0.05) is 6.07 Å². The SMILES string of the molecule is COc1cccc2oc(CC(CN)OC)nc12. The predicted octanol–water partition coefficient (Wildman–Crippen LogP) is 1.35. The summed E-state index contributed by atoms with van der Waals surface area (Å²) in [5.41, 5.74) is 7.01. The van der Waals surface area contributed by atoms with Crippen LogP contribution in [0.1, 0.15) is 5.89 Å². The van der Waals surface area contributed by atoms with E-state index < -0.39 is 0 Å². The monoisotopic (exact) mass is 236 g/mol. The highest BCUT2D eigenvalue weighted by atomic mass is 16.5. The van der Waals surface area contributed by atoms with Gasteiger partial charge in [-0.3, -0.25) is 0 Å². The molecule has 0 saturated carbocycles. The van der Waals surface area contributed by atoms with E-state index in [0.29, 0.717) is 30.2 Å². The van der Waals surface area contributed by atoms with Crippen LogP contribution in [0.25, 0.3) is 11.1 Å². The number of ether oxygens (including phenoxy) is 2. The number of aromatic nitrogens is 1. The lowest BCUT2D eigenvalue weighted by Gasteiger charge is -2.09. The number of nitrogens with zero attached hydrogens (tertiary/aromatic N) is 1. The molecule has 1 aromatic carbocycles. The Bertz CT molecular complexity index is 491. The van der Waals surface area contributed by atoms with Gasteiger partial charge in [0.15, 0.2) is 17.0 Å². The zero-order valence-electron chi connectivity index (χ0n) is 9.97. The fraction of sp³-hybridized carbons (Fsp3) is 0.417. The summed E-state index contributed by atoms with van der Waals surface area (Å²) in [7, 11) is 3.24. The lowest BCUT2D eigenvalue weighted by molar-refractivity contribution is 0.104. The summed E-state index contributed by atoms with van der Waals surface area (Å²) < 4.78 is 16.0. The minimum atomic E-state index is -0.0749. The largest absolute Gasteiger partial charge is 0.494 e. The number of para-hydroxylation sites is 1. The average molecular weight is 236 g/mol. The van der Waals surface area contributed by atoms with Crippen LogP contribution in [-0.4, -0.2) is 31.9 Å². The molecule has 92 valence electrons. The molecule has 0 saturated heterocycles. The summed E-state index contributed by atoms with van der Waals surface area (Å²) in [4.78, 5) is 4.39. The molecular weight excluding hydrogens is 220 g/mol. The predicted molar refractivity (Wildman–Crippen MR) is 64.1 cm³/mol. The minimum Gasteiger partial charge on any atom is -0.494 e. The van der Waals surface area contributed by atoms with Crippen LogP contribution in [0.15, 0.2) is 22.6 Å². The third kappa shape index (κ3) is 2.40. The smallest absolute Gasteiger partial charge is 0.198 e. The molecule has 2 N–H and O–H groups in total. The van der Waals surface area contributed by atoms with E-state index in [2.05, 4.69) is 4.98 Å². The second-order valence-corrected chi connectivity index (χ2v) is 3.71. The molecule has 0 aliphatic carbocycles. The zero-order valence-corrected chi connectivity index (χ0v) is 9.97. The fourth-order valence-electron chi connectivity index (χ4n) is 1.68. The van der Waals surface area contributed by atoms with E-state index in [1.54, 1.807) is 14.2 Å². The van der Waals surface area contributed by atoms with E-state index in [-0.39, 0.29) is 6.10 Å². The lowest BCUT2D eigenvalue weighted by atomic mass is 10.2. The normalized spacial score (nSPS) is 12.9. The lowest BCUT2D eigenvalue weighted by Crippen LogP contribution is -2.24. The molecule has 1 aromatic heterocycles. The average Bonchev–Trinajstić information content (AvgIpc) is 2.77. The Morgan fingerprint density at radius 2 is 2.24 bits per heavy atom. The molecule has 0 aliphatic heterocycles. The molecule has 5 heteroatoms. The summed E-state index contributed by atoms with van der Waals surface area (Å²) in [5, 5.41) is 0. The van der Waals surface area contributed by atoms with Crippen molar-refractivity contribution in [2.45, 2.75) is 12.5 Å². The first-order valence-corrected chi connectivity index (χ1v) is 5.43. The molecule has 5 nitrogen and oxygen atoms in total. The van der Waals surface area contributed by atoms with Crippen LogP contribution in [0, 0.1) is 0 Å². The maximum Gasteiger partial charge on any atom is 0.198 e. The summed E-state index contributed by atoms with van der Waals surface area (Å²) in [6.45, 7) is 0.437. The number of hydrogen-bond donors (Lipinski definition) is 1. The molecule has 0 bridgehead atoms. The van der Waals surface area contributed by atoms with Gasteiger partial charge in [-0.15, -0.1) is 0 Å². The molecule has 1 unspecified atom stereocenters. The zero-order chi connectivity index (χ0) is 12.3. The Labute approximate surface area is 99.5 Å². The van der Waals surface area contributed by atoms with Gasteiger partial charge in [0.25, 0.3) is 0 Å². The maximum absolute atomic E-state index is 5.62. The molecule has 17 heavy (non-hydrogen) atoms. The molecule has 0 spiro atoms. The van der Waals surface area contributed by atoms with Crippen LogP contribution in [0.2, 0.25) is 0 Å². The first-order valence-electron chi connectivity index (χ1n) is 5.43. The molecule has 2 rings (SSSR count). The number of rotatable bonds is 5. The Balaban J connectivity index is 2.31. The summed E-state index contributed by atoms with van der Waals surface area (Å²) in [6, 6.07) is 5.58. The second kappa shape index (κ2) is 5.16. The summed E-state index contributed by atoms with van der Waals surface area (Å²) >= 11 is 0. The van der Waals surface area contributed by atoms with Crippen molar-refractivity contribution in [1.82, 2.24) is 4.98 Å². The molecule has 1 atom stereocenters. The van der Waals surface area contributed by atoms with E-state index in [9.17, 15) is 0 Å². The summed E-state index contributed by atoms with van der Waals surface area (Å²) in [6.07, 6.45) is 0.485. The van der Waals surface area contributed by atoms with E-state index in [4.69, 9.17) is 19.6 Å². The van der Waals surface area contributed by atoms with Crippen molar-refractivity contribution in [2.75, 3.05) is 20.8 Å². The molecule has 0 amide bonds. The van der Waals surface area contributed by atoms with Gasteiger partial charge in [-0.05, 0) is 12.1 Å². The van der Waals surface area contributed by atoms with E-state index in [1.165, 1.54) is 0 Å². The van der Waals surface area contributed by atoms with Crippen LogP contribution in [0.5, 0.6) is 5.75 Å². The van der Waals surface area contributed by atoms with E-state index in [0.717, 1.165) is 5.52 Å². The highest BCUT2D eigenvalue weighted by molar-refractivity contribution is 5.79. The Morgan fingerprint density at radius 1 is 1.41 bits per heavy atom. The van der Waals surface area contributed by atoms with Gasteiger partial charge in [0.05, 0.1) is 19.6 Å². The van der Waals surface area contributed by atoms with Crippen LogP contribution in [0.3, 0.4) is 0 Å². The van der Waals surface area contributed by atoms with Crippen molar-refractivity contribution >= 4 is 11.1 Å². The van der Waals surface area contributed by atoms with Crippen LogP contribution in [-0.2, 0) is 11.2 Å². The van der Waals surface area contributed by atoms with Crippen molar-refractivity contribution < 1.29 is 13.9 Å². The highest BCUT2D eigenvalue weighted by Gasteiger charge is 2.14. The van der Waals surface area contributed by atoms with Crippen LogP contribution < -0.4 is 10.5 Å². The number of hydrogen-bond acceptors (Lipinski definition) is 5. The first-order chi connectivity index (χ1) is 8.28. The fourth-order valence-corrected chi connectivity index (χ4v) is 1.68. The standard InChI is InChI=1S/C12H16N2O3/c1-15-8(7-13)6-11-14-12-9(16-2)4-3-5-10(12)17-11/h3-5,8H,6-7,13H2,1-2H3. The van der Waals surface area contributed by atoms with Gasteiger partial charge in [0, 0.05) is 13.7 Å². The number of fused-ring (bicyclic) bond motifs is 1. The molecule has 0 aliphatic rings. The Hall–Kier alpha value is -1.59. The third-order valence-electron chi connectivity index (χ3n) is 2.64. The van der Waals surface area contributed by atoms with Gasteiger partial charge >= 0.3 is 0 Å². The van der Waals surface area contributed by atoms with Gasteiger partial charge in [0.2, 0.25) is 0 Å². The summed E-state index contributed by atoms with van der Waals surface area (Å²) in [5.74, 6) is 1.32. The molecule has 0 radical (unpaired) electrons. The minimum absolute atomic E-state index is 0.0749. The molecule has 2 aromatic rings. The van der Waals surface area contributed by atoms with Gasteiger partial charge in [-0.25, -0.2) is 4.98 Å². The molecular formula is C12H16N2O3. The molecule has 1 heterocycles. The number of benzene rings is 1. The number of oxazole rings is 1. The van der Waals surface area contributed by atoms with Crippen molar-refractivity contribution in [2.24, 2.45) is 5.73 Å². The topological polar surface area (TPSA) is 70.5 Å². The van der Waals surface area contributed by atoms with Crippen LogP contribution >= 0.6 is 0 Å². The van der Waals surface area contributed by atoms with Crippen LogP contribution in [0.4, 0.5) is 0 Å². The number of nitrogens with two attached hydrogens (primary N) is 1. The highest BCUT2D eigenvalue weighted by Crippen LogP contribution is 2.25. The maximum atomic E-state index is 5.62. The van der Waals surface area contributed by atoms with Crippen molar-refractivity contribution in [3.05, 3.63) is 24.1 Å². The Morgan fingerprint density at radius 3 is 2.88 bits per heavy atom. The van der Waals surface area contributed by atoms with E-state index >= 15 is 0 Å². The van der Waals surface area contributed by atoms with Gasteiger partial charge in [0.1, 0.15) is 5.75 Å². The van der Waals surface area contributed by atoms with Crippen molar-refractivity contribution in [1.29, 1.82) is 0 Å². The van der Waals surface area contributed by atoms with Crippen molar-refractivity contribution in [3.8, 4) is 5.75 Å². The molecule has 0 fully saturated rings. The van der Waals surface area contributed by atoms with Gasteiger partial charge in [-0.2, -0.15) is 0 Å². The van der Waals surface area contributed by atoms with Gasteiger partial charge < -0.3 is 19.6 Å². The second-order valence-electron chi connectivity index (χ2n) is 3.71. The van der Waals surface area contributed by atoms with Crippen molar-refractivity contribution in [3.63, 3.8) is 0 Å². The van der Waals surface area contributed by atoms with E-state index in [1.807, 2.05) is 18.2 Å². The number of methoxy groups -OCH3 is 2. The third-order valence-corrected chi connectivity index (χ3v) is 2.64. The first kappa shape index (κ1) is 11.9. The Kier molecular flexibility index (Phi) is 3.61. The quantitative estimate of drug-likeness (QED) is 0.848.